The average molecular weight is 332 g/mol. The van der Waals surface area contributed by atoms with E-state index in [1.165, 1.54) is 25.7 Å². The molecule has 2 saturated heterocycles. The number of unbranched alkanes of at least 4 members (excludes halogenated alkanes) is 5. The van der Waals surface area contributed by atoms with Crippen LogP contribution in [0.15, 0.2) is 0 Å². The van der Waals surface area contributed by atoms with E-state index in [1.807, 2.05) is 0 Å². The number of hydrogen-bond donors (Lipinski definition) is 0. The maximum atomic E-state index is 5.33. The number of hydrogen-bond acceptors (Lipinski definition) is 4. The van der Waals surface area contributed by atoms with Crippen LogP contribution in [0.25, 0.3) is 0 Å². The van der Waals surface area contributed by atoms with Crippen LogP contribution >= 0.6 is 0 Å². The summed E-state index contributed by atoms with van der Waals surface area (Å²) in [6.45, 7) is 9.36. The zero-order valence-electron chi connectivity index (χ0n) is 15.0. The molecule has 4 nitrogen and oxygen atoms in total. The Morgan fingerprint density at radius 2 is 0.958 bits per heavy atom. The molecule has 2 aliphatic rings. The van der Waals surface area contributed by atoms with Crippen molar-refractivity contribution < 1.29 is 9.47 Å². The molecule has 0 aromatic heterocycles. The lowest BCUT2D eigenvalue weighted by Gasteiger charge is -2.24. The second kappa shape index (κ2) is 13.3. The highest BCUT2D eigenvalue weighted by Crippen LogP contribution is 2.04. The van der Waals surface area contributed by atoms with Crippen molar-refractivity contribution in [3.8, 4) is 23.7 Å². The molecule has 0 unspecified atom stereocenters. The fraction of sp³-hybridized carbons (Fsp3) is 0.800. The van der Waals surface area contributed by atoms with Gasteiger partial charge in [0, 0.05) is 39.0 Å². The number of ether oxygens (including phenoxy) is 2. The molecule has 2 aliphatic heterocycles. The van der Waals surface area contributed by atoms with E-state index >= 15 is 0 Å². The van der Waals surface area contributed by atoms with Gasteiger partial charge in [0.1, 0.15) is 0 Å². The van der Waals surface area contributed by atoms with E-state index in [1.54, 1.807) is 0 Å². The minimum Gasteiger partial charge on any atom is -0.379 e. The third-order valence-corrected chi connectivity index (χ3v) is 4.42. The van der Waals surface area contributed by atoms with Crippen LogP contribution in [-0.4, -0.2) is 75.5 Å². The molecule has 134 valence electrons. The predicted molar refractivity (Wildman–Crippen MR) is 97.8 cm³/mol. The summed E-state index contributed by atoms with van der Waals surface area (Å²) in [5, 5.41) is 0. The Morgan fingerprint density at radius 1 is 0.542 bits per heavy atom. The second-order valence-corrected chi connectivity index (χ2v) is 6.40. The first-order chi connectivity index (χ1) is 11.9. The van der Waals surface area contributed by atoms with Crippen molar-refractivity contribution in [1.82, 2.24) is 9.80 Å². The number of nitrogens with zero attached hydrogens (tertiary/aromatic N) is 2. The van der Waals surface area contributed by atoms with Crippen molar-refractivity contribution in [2.45, 2.75) is 38.5 Å². The van der Waals surface area contributed by atoms with Gasteiger partial charge < -0.3 is 9.47 Å². The molecule has 0 saturated carbocycles. The molecule has 0 aliphatic carbocycles. The average Bonchev–Trinajstić information content (AvgIpc) is 2.64. The molecule has 2 heterocycles. The fourth-order valence-corrected chi connectivity index (χ4v) is 2.81. The third kappa shape index (κ3) is 9.30. The molecule has 0 amide bonds. The van der Waals surface area contributed by atoms with Crippen LogP contribution in [0.4, 0.5) is 0 Å². The monoisotopic (exact) mass is 332 g/mol. The number of rotatable bonds is 7. The van der Waals surface area contributed by atoms with Gasteiger partial charge in [-0.1, -0.05) is 24.7 Å². The van der Waals surface area contributed by atoms with Crippen molar-refractivity contribution in [2.75, 3.05) is 65.7 Å². The van der Waals surface area contributed by atoms with Crippen LogP contribution in [-0.2, 0) is 9.47 Å². The lowest BCUT2D eigenvalue weighted by Crippen LogP contribution is -2.36. The summed E-state index contributed by atoms with van der Waals surface area (Å²) in [6, 6.07) is 0. The summed E-state index contributed by atoms with van der Waals surface area (Å²) >= 11 is 0. The maximum absolute atomic E-state index is 5.33. The highest BCUT2D eigenvalue weighted by molar-refractivity contribution is 5.02. The van der Waals surface area contributed by atoms with Crippen LogP contribution < -0.4 is 0 Å². The predicted octanol–water partition coefficient (Wildman–Crippen LogP) is 2.00. The lowest BCUT2D eigenvalue weighted by atomic mass is 10.1. The Bertz CT molecular complexity index is 390. The largest absolute Gasteiger partial charge is 0.379 e. The van der Waals surface area contributed by atoms with Crippen molar-refractivity contribution in [2.24, 2.45) is 0 Å². The zero-order valence-corrected chi connectivity index (χ0v) is 15.0. The van der Waals surface area contributed by atoms with Crippen LogP contribution in [0.1, 0.15) is 38.5 Å². The summed E-state index contributed by atoms with van der Waals surface area (Å²) in [5.41, 5.74) is 0. The van der Waals surface area contributed by atoms with Gasteiger partial charge in [-0.3, -0.25) is 9.80 Å². The Hall–Kier alpha value is -1.04. The molecular weight excluding hydrogens is 300 g/mol. The van der Waals surface area contributed by atoms with E-state index in [0.29, 0.717) is 0 Å². The van der Waals surface area contributed by atoms with E-state index < -0.39 is 0 Å². The molecule has 0 N–H and O–H groups in total. The summed E-state index contributed by atoms with van der Waals surface area (Å²) in [7, 11) is 0. The van der Waals surface area contributed by atoms with Crippen LogP contribution in [0.5, 0.6) is 0 Å². The summed E-state index contributed by atoms with van der Waals surface area (Å²) in [5.74, 6) is 13.2. The zero-order chi connectivity index (χ0) is 16.7. The molecule has 0 bridgehead atoms. The first-order valence-electron chi connectivity index (χ1n) is 9.47. The van der Waals surface area contributed by atoms with Crippen molar-refractivity contribution in [3.05, 3.63) is 0 Å². The van der Waals surface area contributed by atoms with Crippen LogP contribution in [0.2, 0.25) is 0 Å². The SMILES string of the molecule is C(#CCN1CCOCC1)CCCCCCC#CCN1CCOCC1. The Labute approximate surface area is 147 Å². The van der Waals surface area contributed by atoms with Gasteiger partial charge >= 0.3 is 0 Å². The standard InChI is InChI=1S/C20H32N2O2/c1(3-5-7-9-11-21-13-17-23-18-14-21)2-4-6-8-10-12-22-15-19-24-20-16-22/h1-6,11-20H2. The smallest absolute Gasteiger partial charge is 0.0603 e. The van der Waals surface area contributed by atoms with Crippen molar-refractivity contribution >= 4 is 0 Å². The first kappa shape index (κ1) is 19.3. The van der Waals surface area contributed by atoms with Gasteiger partial charge in [0.05, 0.1) is 39.5 Å². The van der Waals surface area contributed by atoms with Crippen LogP contribution in [0, 0.1) is 23.7 Å². The highest BCUT2D eigenvalue weighted by Gasteiger charge is 2.08. The van der Waals surface area contributed by atoms with E-state index in [4.69, 9.17) is 9.47 Å². The normalized spacial score (nSPS) is 19.2. The Balaban J connectivity index is 1.36. The van der Waals surface area contributed by atoms with E-state index in [0.717, 1.165) is 78.5 Å². The highest BCUT2D eigenvalue weighted by atomic mass is 16.5. The maximum Gasteiger partial charge on any atom is 0.0603 e. The van der Waals surface area contributed by atoms with Gasteiger partial charge in [-0.05, 0) is 12.8 Å². The molecule has 24 heavy (non-hydrogen) atoms. The lowest BCUT2D eigenvalue weighted by molar-refractivity contribution is 0.0443. The van der Waals surface area contributed by atoms with Gasteiger partial charge in [-0.2, -0.15) is 0 Å². The molecule has 2 fully saturated rings. The van der Waals surface area contributed by atoms with E-state index in [9.17, 15) is 0 Å². The second-order valence-electron chi connectivity index (χ2n) is 6.40. The minimum absolute atomic E-state index is 0.858. The van der Waals surface area contributed by atoms with Crippen LogP contribution in [0.3, 0.4) is 0 Å². The van der Waals surface area contributed by atoms with Gasteiger partial charge in [0.2, 0.25) is 0 Å². The van der Waals surface area contributed by atoms with Gasteiger partial charge in [-0.15, -0.1) is 11.8 Å². The Morgan fingerprint density at radius 3 is 1.38 bits per heavy atom. The molecule has 2 rings (SSSR count). The van der Waals surface area contributed by atoms with Gasteiger partial charge in [0.25, 0.3) is 0 Å². The molecule has 4 heteroatoms. The fourth-order valence-electron chi connectivity index (χ4n) is 2.81. The molecule has 0 spiro atoms. The Kier molecular flexibility index (Phi) is 10.7. The van der Waals surface area contributed by atoms with E-state index in [-0.39, 0.29) is 0 Å². The first-order valence-corrected chi connectivity index (χ1v) is 9.47. The third-order valence-electron chi connectivity index (χ3n) is 4.42. The molecule has 0 radical (unpaired) electrons. The molecule has 0 aromatic carbocycles. The quantitative estimate of drug-likeness (QED) is 0.526. The van der Waals surface area contributed by atoms with E-state index in [2.05, 4.69) is 33.5 Å². The summed E-state index contributed by atoms with van der Waals surface area (Å²) in [6.07, 6.45) is 7.06. The molecule has 0 atom stereocenters. The molecule has 0 aromatic rings. The summed E-state index contributed by atoms with van der Waals surface area (Å²) in [4.78, 5) is 4.73. The minimum atomic E-state index is 0.858. The summed E-state index contributed by atoms with van der Waals surface area (Å²) < 4.78 is 10.7. The topological polar surface area (TPSA) is 24.9 Å². The van der Waals surface area contributed by atoms with Crippen molar-refractivity contribution in [3.63, 3.8) is 0 Å². The van der Waals surface area contributed by atoms with Crippen molar-refractivity contribution in [1.29, 1.82) is 0 Å². The van der Waals surface area contributed by atoms with Gasteiger partial charge in [0.15, 0.2) is 0 Å². The van der Waals surface area contributed by atoms with Gasteiger partial charge in [-0.25, -0.2) is 0 Å². The number of morpholine rings is 2. The molecular formula is C20H32N2O2.